The van der Waals surface area contributed by atoms with Crippen LogP contribution in [0.15, 0.2) is 60.8 Å². The number of aromatic amines is 1. The van der Waals surface area contributed by atoms with Crippen molar-refractivity contribution in [3.05, 3.63) is 83.2 Å². The summed E-state index contributed by atoms with van der Waals surface area (Å²) in [5.41, 5.74) is 3.76. The number of aromatic nitrogens is 3. The fourth-order valence-corrected chi connectivity index (χ4v) is 4.89. The lowest BCUT2D eigenvalue weighted by Crippen LogP contribution is -2.30. The van der Waals surface area contributed by atoms with Crippen LogP contribution in [-0.2, 0) is 34.2 Å². The van der Waals surface area contributed by atoms with E-state index in [0.29, 0.717) is 34.8 Å². The van der Waals surface area contributed by atoms with E-state index in [-0.39, 0.29) is 12.5 Å². The molecule has 1 aliphatic rings. The van der Waals surface area contributed by atoms with Crippen molar-refractivity contribution in [2.75, 3.05) is 5.32 Å². The third kappa shape index (κ3) is 4.27. The molecule has 2 amide bonds. The van der Waals surface area contributed by atoms with Crippen LogP contribution in [0.1, 0.15) is 27.2 Å². The first-order valence-corrected chi connectivity index (χ1v) is 11.6. The molecule has 0 saturated carbocycles. The number of ketones is 1. The van der Waals surface area contributed by atoms with E-state index in [1.165, 1.54) is 4.68 Å². The lowest BCUT2D eigenvalue weighted by atomic mass is 10.1. The number of carbonyl (C=O) groups excluding carboxylic acids is 3. The largest absolute Gasteiger partial charge is 0.360 e. The zero-order valence-electron chi connectivity index (χ0n) is 17.6. The van der Waals surface area contributed by atoms with Crippen LogP contribution in [-0.4, -0.2) is 32.4 Å². The molecule has 1 aliphatic heterocycles. The number of hydrogen-bond acceptors (Lipinski definition) is 5. The van der Waals surface area contributed by atoms with Gasteiger partial charge in [-0.2, -0.15) is 16.9 Å². The van der Waals surface area contributed by atoms with Gasteiger partial charge in [-0.3, -0.25) is 14.4 Å². The quantitative estimate of drug-likeness (QED) is 0.290. The maximum Gasteiger partial charge on any atom is 0.298 e. The predicted octanol–water partition coefficient (Wildman–Crippen LogP) is 3.25. The molecule has 2 aromatic heterocycles. The van der Waals surface area contributed by atoms with E-state index in [9.17, 15) is 14.4 Å². The maximum atomic E-state index is 12.9. The van der Waals surface area contributed by atoms with E-state index in [2.05, 4.69) is 20.7 Å². The summed E-state index contributed by atoms with van der Waals surface area (Å²) in [6.07, 6.45) is 1.54. The summed E-state index contributed by atoms with van der Waals surface area (Å²) in [5.74, 6) is 0.137. The molecule has 9 heteroatoms. The maximum absolute atomic E-state index is 12.9. The van der Waals surface area contributed by atoms with E-state index in [1.54, 1.807) is 24.0 Å². The van der Waals surface area contributed by atoms with Gasteiger partial charge in [-0.1, -0.05) is 48.5 Å². The van der Waals surface area contributed by atoms with Gasteiger partial charge >= 0.3 is 0 Å². The summed E-state index contributed by atoms with van der Waals surface area (Å²) in [6, 6.07) is 16.9. The summed E-state index contributed by atoms with van der Waals surface area (Å²) >= 11 is 1.68. The first-order valence-electron chi connectivity index (χ1n) is 10.5. The third-order valence-electron chi connectivity index (χ3n) is 5.52. The van der Waals surface area contributed by atoms with Crippen LogP contribution >= 0.6 is 11.8 Å². The average molecular weight is 460 g/mol. The van der Waals surface area contributed by atoms with Crippen molar-refractivity contribution in [3.8, 4) is 0 Å². The number of thioether (sulfide) groups is 1. The van der Waals surface area contributed by atoms with Crippen LogP contribution in [0.5, 0.6) is 0 Å². The Bertz CT molecular complexity index is 1360. The number of rotatable bonds is 7. The molecule has 166 valence electrons. The van der Waals surface area contributed by atoms with Gasteiger partial charge in [0.2, 0.25) is 5.91 Å². The van der Waals surface area contributed by atoms with Crippen molar-refractivity contribution in [2.24, 2.45) is 0 Å². The van der Waals surface area contributed by atoms with Crippen molar-refractivity contribution >= 4 is 46.1 Å². The van der Waals surface area contributed by atoms with Crippen LogP contribution in [0, 0.1) is 0 Å². The van der Waals surface area contributed by atoms with Gasteiger partial charge < -0.3 is 15.6 Å². The van der Waals surface area contributed by atoms with Gasteiger partial charge in [0.05, 0.1) is 11.3 Å². The number of carbonyl (C=O) groups is 3. The molecule has 0 aliphatic carbocycles. The van der Waals surface area contributed by atoms with Gasteiger partial charge in [0, 0.05) is 40.7 Å². The fraction of sp³-hybridized carbons (Fsp3) is 0.167. The van der Waals surface area contributed by atoms with Crippen molar-refractivity contribution in [1.29, 1.82) is 0 Å². The Morgan fingerprint density at radius 1 is 1.03 bits per heavy atom. The molecule has 3 N–H and O–H groups in total. The van der Waals surface area contributed by atoms with E-state index in [4.69, 9.17) is 0 Å². The number of benzene rings is 2. The van der Waals surface area contributed by atoms with Crippen LogP contribution in [0.2, 0.25) is 0 Å². The van der Waals surface area contributed by atoms with Gasteiger partial charge in [-0.05, 0) is 11.6 Å². The second-order valence-electron chi connectivity index (χ2n) is 7.72. The summed E-state index contributed by atoms with van der Waals surface area (Å²) in [4.78, 5) is 41.3. The topological polar surface area (TPSA) is 109 Å². The van der Waals surface area contributed by atoms with Crippen molar-refractivity contribution in [3.63, 3.8) is 0 Å². The highest BCUT2D eigenvalue weighted by atomic mass is 32.2. The monoisotopic (exact) mass is 459 g/mol. The predicted molar refractivity (Wildman–Crippen MR) is 127 cm³/mol. The molecule has 0 unspecified atom stereocenters. The highest BCUT2D eigenvalue weighted by Gasteiger charge is 2.27. The number of fused-ring (bicyclic) bond motifs is 2. The highest BCUT2D eigenvalue weighted by Crippen LogP contribution is 2.34. The minimum atomic E-state index is -0.759. The molecular formula is C24H21N5O3S. The molecule has 0 bridgehead atoms. The van der Waals surface area contributed by atoms with Crippen molar-refractivity contribution in [2.45, 2.75) is 24.6 Å². The number of amides is 2. The Balaban J connectivity index is 1.33. The van der Waals surface area contributed by atoms with Gasteiger partial charge in [0.15, 0.2) is 0 Å². The Morgan fingerprint density at radius 3 is 2.67 bits per heavy atom. The summed E-state index contributed by atoms with van der Waals surface area (Å²) in [7, 11) is 0. The molecular weight excluding hydrogens is 438 g/mol. The van der Waals surface area contributed by atoms with Crippen LogP contribution in [0.4, 0.5) is 5.82 Å². The molecule has 5 rings (SSSR count). The zero-order chi connectivity index (χ0) is 22.8. The van der Waals surface area contributed by atoms with Gasteiger partial charge in [0.1, 0.15) is 12.4 Å². The van der Waals surface area contributed by atoms with Crippen LogP contribution in [0.3, 0.4) is 0 Å². The standard InChI is InChI=1S/C24H21N5O3S/c30-21(26-10-15-6-2-1-3-7-15)12-29-23(18-13-33-14-20(18)28-29)27-24(32)22(31)17-11-25-19-9-5-4-8-16(17)19/h1-9,11,25H,10,12-14H2,(H,26,30)(H,27,32). The minimum Gasteiger partial charge on any atom is -0.360 e. The minimum absolute atomic E-state index is 0.0542. The Kier molecular flexibility index (Phi) is 5.70. The van der Waals surface area contributed by atoms with E-state index in [0.717, 1.165) is 22.3 Å². The molecule has 8 nitrogen and oxygen atoms in total. The average Bonchev–Trinajstić information content (AvgIpc) is 3.54. The normalized spacial score (nSPS) is 12.5. The molecule has 0 atom stereocenters. The molecule has 33 heavy (non-hydrogen) atoms. The van der Waals surface area contributed by atoms with E-state index < -0.39 is 11.7 Å². The number of anilines is 1. The molecule has 3 heterocycles. The first kappa shape index (κ1) is 21.0. The second-order valence-corrected chi connectivity index (χ2v) is 8.70. The molecule has 0 spiro atoms. The first-order chi connectivity index (χ1) is 16.1. The van der Waals surface area contributed by atoms with Crippen LogP contribution < -0.4 is 10.6 Å². The number of nitrogens with one attached hydrogen (secondary N) is 3. The number of para-hydroxylation sites is 1. The Hall–Kier alpha value is -3.85. The zero-order valence-corrected chi connectivity index (χ0v) is 18.4. The number of nitrogens with zero attached hydrogens (tertiary/aromatic N) is 2. The molecule has 0 radical (unpaired) electrons. The lowest BCUT2D eigenvalue weighted by molar-refractivity contribution is -0.122. The molecule has 0 saturated heterocycles. The number of H-pyrrole nitrogens is 1. The summed E-state index contributed by atoms with van der Waals surface area (Å²) in [5, 5.41) is 10.8. The molecule has 2 aromatic carbocycles. The highest BCUT2D eigenvalue weighted by molar-refractivity contribution is 7.98. The SMILES string of the molecule is O=C(Cn1nc2c(c1NC(=O)C(=O)c1c[nH]c3ccccc13)CSC2)NCc1ccccc1. The lowest BCUT2D eigenvalue weighted by Gasteiger charge is -2.11. The Morgan fingerprint density at radius 2 is 1.82 bits per heavy atom. The Labute approximate surface area is 193 Å². The summed E-state index contributed by atoms with van der Waals surface area (Å²) < 4.78 is 1.48. The summed E-state index contributed by atoms with van der Waals surface area (Å²) in [6.45, 7) is 0.346. The smallest absolute Gasteiger partial charge is 0.298 e. The third-order valence-corrected chi connectivity index (χ3v) is 6.49. The van der Waals surface area contributed by atoms with Crippen molar-refractivity contribution in [1.82, 2.24) is 20.1 Å². The van der Waals surface area contributed by atoms with E-state index >= 15 is 0 Å². The number of hydrogen-bond donors (Lipinski definition) is 3. The van der Waals surface area contributed by atoms with Crippen molar-refractivity contribution < 1.29 is 14.4 Å². The van der Waals surface area contributed by atoms with Crippen LogP contribution in [0.25, 0.3) is 10.9 Å². The molecule has 4 aromatic rings. The second kappa shape index (κ2) is 8.95. The van der Waals surface area contributed by atoms with E-state index in [1.807, 2.05) is 48.5 Å². The van der Waals surface area contributed by atoms with Gasteiger partial charge in [-0.25, -0.2) is 4.68 Å². The number of Topliss-reactive ketones (excluding diaryl/α,β-unsaturated/α-hetero) is 1. The molecule has 0 fully saturated rings. The fourth-order valence-electron chi connectivity index (χ4n) is 3.85. The van der Waals surface area contributed by atoms with Gasteiger partial charge in [0.25, 0.3) is 11.7 Å². The van der Waals surface area contributed by atoms with Gasteiger partial charge in [-0.15, -0.1) is 0 Å².